The number of rotatable bonds is 5. The number of primary amides is 1. The number of hydrogen-bond acceptors (Lipinski definition) is 3. The van der Waals surface area contributed by atoms with Gasteiger partial charge in [-0.15, -0.1) is 0 Å². The molecule has 2 rings (SSSR count). The molecule has 0 radical (unpaired) electrons. The molecule has 1 amide bonds. The van der Waals surface area contributed by atoms with Crippen molar-refractivity contribution in [2.75, 3.05) is 19.6 Å². The van der Waals surface area contributed by atoms with E-state index in [2.05, 4.69) is 43.0 Å². The van der Waals surface area contributed by atoms with Crippen molar-refractivity contribution < 1.29 is 9.53 Å². The lowest BCUT2D eigenvalue weighted by Crippen LogP contribution is -2.52. The maximum Gasteiger partial charge on any atom is 0.247 e. The molecule has 0 aliphatic carbocycles. The lowest BCUT2D eigenvalue weighted by atomic mass is 9.87. The summed E-state index contributed by atoms with van der Waals surface area (Å²) in [6.45, 7) is 8.85. The van der Waals surface area contributed by atoms with E-state index < -0.39 is 6.10 Å². The van der Waals surface area contributed by atoms with Crippen LogP contribution < -0.4 is 5.73 Å². The second-order valence-corrected chi connectivity index (χ2v) is 6.32. The first kappa shape index (κ1) is 16.0. The monoisotopic (exact) mass is 290 g/mol. The fraction of sp³-hybridized carbons (Fsp3) is 0.588. The van der Waals surface area contributed by atoms with Gasteiger partial charge < -0.3 is 10.5 Å². The minimum atomic E-state index is -0.489. The SMILES string of the molecule is CC(C)[C@H](CN1C[C@@H](C)O[C@H](C(N)=O)C1)c1ccccc1. The molecule has 3 atom stereocenters. The van der Waals surface area contributed by atoms with E-state index in [0.717, 1.165) is 13.1 Å². The maximum atomic E-state index is 11.4. The minimum Gasteiger partial charge on any atom is -0.367 e. The standard InChI is InChI=1S/C17H26N2O2/c1-12(2)15(14-7-5-4-6-8-14)10-19-9-13(3)21-16(11-19)17(18)20/h4-8,12-13,15-16H,9-11H2,1-3H3,(H2,18,20)/t13-,15+,16+/m1/s1. The largest absolute Gasteiger partial charge is 0.367 e. The van der Waals surface area contributed by atoms with Gasteiger partial charge in [-0.05, 0) is 24.3 Å². The van der Waals surface area contributed by atoms with Gasteiger partial charge in [0.05, 0.1) is 6.10 Å². The Kier molecular flexibility index (Phi) is 5.37. The Morgan fingerprint density at radius 1 is 1.33 bits per heavy atom. The lowest BCUT2D eigenvalue weighted by molar-refractivity contribution is -0.142. The number of amides is 1. The molecule has 21 heavy (non-hydrogen) atoms. The van der Waals surface area contributed by atoms with E-state index in [1.807, 2.05) is 13.0 Å². The van der Waals surface area contributed by atoms with Crippen LogP contribution in [0.2, 0.25) is 0 Å². The topological polar surface area (TPSA) is 55.6 Å². The number of carbonyl (C=O) groups is 1. The first-order valence-electron chi connectivity index (χ1n) is 7.69. The average Bonchev–Trinajstić information content (AvgIpc) is 2.44. The molecule has 0 aromatic heterocycles. The van der Waals surface area contributed by atoms with E-state index >= 15 is 0 Å². The Labute approximate surface area is 127 Å². The Balaban J connectivity index is 2.08. The Morgan fingerprint density at radius 3 is 2.57 bits per heavy atom. The predicted octanol–water partition coefficient (Wildman–Crippen LogP) is 2.00. The summed E-state index contributed by atoms with van der Waals surface area (Å²) in [5.74, 6) is 0.620. The summed E-state index contributed by atoms with van der Waals surface area (Å²) >= 11 is 0. The second kappa shape index (κ2) is 7.05. The number of benzene rings is 1. The van der Waals surface area contributed by atoms with Crippen molar-refractivity contribution in [3.63, 3.8) is 0 Å². The molecule has 1 aromatic carbocycles. The molecule has 0 saturated carbocycles. The molecule has 1 aromatic rings. The third-order valence-electron chi connectivity index (χ3n) is 4.14. The zero-order valence-electron chi connectivity index (χ0n) is 13.2. The van der Waals surface area contributed by atoms with E-state index in [1.165, 1.54) is 5.56 Å². The van der Waals surface area contributed by atoms with Crippen LogP contribution >= 0.6 is 0 Å². The van der Waals surface area contributed by atoms with Crippen molar-refractivity contribution in [3.8, 4) is 0 Å². The number of carbonyl (C=O) groups excluding carboxylic acids is 1. The predicted molar refractivity (Wildman–Crippen MR) is 84.0 cm³/mol. The molecule has 1 saturated heterocycles. The van der Waals surface area contributed by atoms with E-state index in [0.29, 0.717) is 18.4 Å². The van der Waals surface area contributed by atoms with Crippen LogP contribution in [0.4, 0.5) is 0 Å². The second-order valence-electron chi connectivity index (χ2n) is 6.32. The summed E-state index contributed by atoms with van der Waals surface area (Å²) in [4.78, 5) is 13.7. The van der Waals surface area contributed by atoms with Crippen LogP contribution in [0.5, 0.6) is 0 Å². The van der Waals surface area contributed by atoms with Crippen LogP contribution in [-0.2, 0) is 9.53 Å². The summed E-state index contributed by atoms with van der Waals surface area (Å²) in [7, 11) is 0. The number of ether oxygens (including phenoxy) is 1. The summed E-state index contributed by atoms with van der Waals surface area (Å²) < 4.78 is 5.61. The summed E-state index contributed by atoms with van der Waals surface area (Å²) in [5.41, 5.74) is 6.75. The van der Waals surface area contributed by atoms with Crippen molar-refractivity contribution in [1.82, 2.24) is 4.90 Å². The third-order valence-corrected chi connectivity index (χ3v) is 4.14. The van der Waals surface area contributed by atoms with Crippen molar-refractivity contribution in [1.29, 1.82) is 0 Å². The number of morpholine rings is 1. The van der Waals surface area contributed by atoms with Gasteiger partial charge in [-0.25, -0.2) is 0 Å². The molecular formula is C17H26N2O2. The fourth-order valence-corrected chi connectivity index (χ4v) is 3.02. The van der Waals surface area contributed by atoms with E-state index in [4.69, 9.17) is 10.5 Å². The number of nitrogens with two attached hydrogens (primary N) is 1. The zero-order chi connectivity index (χ0) is 15.4. The van der Waals surface area contributed by atoms with Gasteiger partial charge in [0.1, 0.15) is 6.10 Å². The molecule has 4 nitrogen and oxygen atoms in total. The molecule has 0 unspecified atom stereocenters. The maximum absolute atomic E-state index is 11.4. The molecular weight excluding hydrogens is 264 g/mol. The smallest absolute Gasteiger partial charge is 0.247 e. The minimum absolute atomic E-state index is 0.0415. The normalized spacial score (nSPS) is 25.0. The summed E-state index contributed by atoms with van der Waals surface area (Å²) in [5, 5.41) is 0. The van der Waals surface area contributed by atoms with Crippen molar-refractivity contribution in [2.24, 2.45) is 11.7 Å². The summed E-state index contributed by atoms with van der Waals surface area (Å²) in [6, 6.07) is 10.6. The Bertz CT molecular complexity index is 461. The van der Waals surface area contributed by atoms with Crippen LogP contribution in [0.3, 0.4) is 0 Å². The molecule has 1 fully saturated rings. The molecule has 116 valence electrons. The van der Waals surface area contributed by atoms with Crippen LogP contribution in [0.15, 0.2) is 30.3 Å². The fourth-order valence-electron chi connectivity index (χ4n) is 3.02. The van der Waals surface area contributed by atoms with Crippen LogP contribution in [0, 0.1) is 5.92 Å². The van der Waals surface area contributed by atoms with Gasteiger partial charge in [-0.1, -0.05) is 44.2 Å². The first-order valence-corrected chi connectivity index (χ1v) is 7.69. The molecule has 1 aliphatic heterocycles. The number of nitrogens with zero attached hydrogens (tertiary/aromatic N) is 1. The Morgan fingerprint density at radius 2 is 2.00 bits per heavy atom. The van der Waals surface area contributed by atoms with Gasteiger partial charge in [-0.2, -0.15) is 0 Å². The molecule has 1 heterocycles. The highest BCUT2D eigenvalue weighted by Crippen LogP contribution is 2.26. The quantitative estimate of drug-likeness (QED) is 0.902. The highest BCUT2D eigenvalue weighted by Gasteiger charge is 2.30. The lowest BCUT2D eigenvalue weighted by Gasteiger charge is -2.38. The van der Waals surface area contributed by atoms with Gasteiger partial charge in [0.25, 0.3) is 0 Å². The molecule has 4 heteroatoms. The van der Waals surface area contributed by atoms with Gasteiger partial charge in [0.2, 0.25) is 5.91 Å². The van der Waals surface area contributed by atoms with Gasteiger partial charge in [0, 0.05) is 19.6 Å². The Hall–Kier alpha value is -1.39. The highest BCUT2D eigenvalue weighted by atomic mass is 16.5. The van der Waals surface area contributed by atoms with Crippen molar-refractivity contribution in [3.05, 3.63) is 35.9 Å². The van der Waals surface area contributed by atoms with Gasteiger partial charge in [-0.3, -0.25) is 9.69 Å². The van der Waals surface area contributed by atoms with Crippen LogP contribution in [0.25, 0.3) is 0 Å². The third kappa shape index (κ3) is 4.29. The summed E-state index contributed by atoms with van der Waals surface area (Å²) in [6.07, 6.45) is -0.447. The van der Waals surface area contributed by atoms with Crippen molar-refractivity contribution >= 4 is 5.91 Å². The molecule has 2 N–H and O–H groups in total. The molecule has 0 bridgehead atoms. The van der Waals surface area contributed by atoms with E-state index in [9.17, 15) is 4.79 Å². The molecule has 1 aliphatic rings. The highest BCUT2D eigenvalue weighted by molar-refractivity contribution is 5.79. The van der Waals surface area contributed by atoms with E-state index in [1.54, 1.807) is 0 Å². The van der Waals surface area contributed by atoms with E-state index in [-0.39, 0.29) is 12.0 Å². The zero-order valence-corrected chi connectivity index (χ0v) is 13.2. The average molecular weight is 290 g/mol. The van der Waals surface area contributed by atoms with Crippen LogP contribution in [0.1, 0.15) is 32.3 Å². The van der Waals surface area contributed by atoms with Gasteiger partial charge >= 0.3 is 0 Å². The first-order chi connectivity index (χ1) is 9.97. The van der Waals surface area contributed by atoms with Crippen molar-refractivity contribution in [2.45, 2.75) is 38.9 Å². The molecule has 0 spiro atoms. The van der Waals surface area contributed by atoms with Gasteiger partial charge in [0.15, 0.2) is 0 Å². The number of hydrogen-bond donors (Lipinski definition) is 1. The van der Waals surface area contributed by atoms with Crippen LogP contribution in [-0.4, -0.2) is 42.6 Å².